The average Bonchev–Trinajstić information content (AvgIpc) is 0.811. The zero-order valence-electron chi connectivity index (χ0n) is 1.93. The van der Waals surface area contributed by atoms with Gasteiger partial charge in [-0.3, -0.25) is 0 Å². The van der Waals surface area contributed by atoms with Crippen molar-refractivity contribution >= 4 is 0 Å². The second-order valence-corrected chi connectivity index (χ2v) is 1.84. The van der Waals surface area contributed by atoms with Crippen LogP contribution in [0.15, 0.2) is 0 Å². The van der Waals surface area contributed by atoms with Crippen LogP contribution in [0.3, 0.4) is 0 Å². The third kappa shape index (κ3) is 3880. The molecule has 0 aromatic carbocycles. The summed E-state index contributed by atoms with van der Waals surface area (Å²) in [5, 5.41) is 0. The minimum atomic E-state index is -4.38. The molecule has 0 amide bonds. The Bertz CT molecular complexity index is 72.7. The summed E-state index contributed by atoms with van der Waals surface area (Å²) >= 11 is -4.38. The fourth-order valence-corrected chi connectivity index (χ4v) is 0. The predicted molar refractivity (Wildman–Crippen MR) is 2.06 cm³/mol. The summed E-state index contributed by atoms with van der Waals surface area (Å²) in [7, 11) is 0. The monoisotopic (exact) mass is 112 g/mol. The Morgan fingerprint density at radius 2 is 1.00 bits per heavy atom. The van der Waals surface area contributed by atoms with E-state index in [-0.39, 0.29) is 0 Å². The summed E-state index contributed by atoms with van der Waals surface area (Å²) in [6.45, 7) is 0. The first-order valence-corrected chi connectivity index (χ1v) is 4.50. The van der Waals surface area contributed by atoms with Gasteiger partial charge >= 0.3 is 26.5 Å². The fraction of sp³-hybridized carbons (Fsp3) is 0. The van der Waals surface area contributed by atoms with Gasteiger partial charge < -0.3 is 0 Å². The molecule has 0 radical (unpaired) electrons. The molecule has 0 bridgehead atoms. The Kier molecular flexibility index (Phi) is 1.36. The molecule has 3 nitrogen and oxygen atoms in total. The van der Waals surface area contributed by atoms with Crippen molar-refractivity contribution in [3.63, 3.8) is 0 Å². The zero-order valence-corrected chi connectivity index (χ0v) is 4.90. The maximum atomic E-state index is 8.62. The molecule has 4 heavy (non-hydrogen) atoms. The van der Waals surface area contributed by atoms with Gasteiger partial charge in [0.15, 0.2) is 0 Å². The van der Waals surface area contributed by atoms with Gasteiger partial charge in [-0.25, -0.2) is 0 Å². The molecule has 0 heterocycles. The van der Waals surface area contributed by atoms with Crippen molar-refractivity contribution in [3.8, 4) is 0 Å². The Balaban J connectivity index is 4.65. The van der Waals surface area contributed by atoms with E-state index >= 15 is 0 Å². The molecule has 0 fully saturated rings. The van der Waals surface area contributed by atoms with Crippen LogP contribution in [0.25, 0.3) is 0 Å². The van der Waals surface area contributed by atoms with Crippen molar-refractivity contribution in [2.24, 2.45) is 0 Å². The minimum absolute atomic E-state index is 4.38. The standard InChI is InChI=1S/3O.Zn. The normalized spacial score (nSPS) is 10.5. The summed E-state index contributed by atoms with van der Waals surface area (Å²) in [5.41, 5.74) is 0. The zero-order chi connectivity index (χ0) is 3.58. The molecule has 0 spiro atoms. The van der Waals surface area contributed by atoms with Crippen LogP contribution in [0.2, 0.25) is 0 Å². The number of rotatable bonds is 0. The number of hydrogen-bond acceptors (Lipinski definition) is 3. The van der Waals surface area contributed by atoms with Crippen LogP contribution in [0.1, 0.15) is 0 Å². The van der Waals surface area contributed by atoms with Gasteiger partial charge in [-0.1, -0.05) is 0 Å². The van der Waals surface area contributed by atoms with Crippen LogP contribution in [0.4, 0.5) is 0 Å². The van der Waals surface area contributed by atoms with Gasteiger partial charge in [-0.15, -0.1) is 0 Å². The molecule has 0 aromatic rings. The Hall–Kier alpha value is 0.0234. The van der Waals surface area contributed by atoms with Gasteiger partial charge in [0, 0.05) is 0 Å². The van der Waals surface area contributed by atoms with Crippen molar-refractivity contribution in [2.45, 2.75) is 0 Å². The fourth-order valence-electron chi connectivity index (χ4n) is 0. The van der Waals surface area contributed by atoms with Crippen LogP contribution < -0.4 is 0 Å². The summed E-state index contributed by atoms with van der Waals surface area (Å²) < 4.78 is 25.9. The molecule has 20 valence electrons. The molecule has 0 aromatic heterocycles. The molecule has 4 heteroatoms. The molecule has 0 saturated carbocycles. The summed E-state index contributed by atoms with van der Waals surface area (Å²) in [5.74, 6) is 0. The summed E-state index contributed by atoms with van der Waals surface area (Å²) in [4.78, 5) is 0. The van der Waals surface area contributed by atoms with Crippen molar-refractivity contribution in [1.82, 2.24) is 0 Å². The third-order valence-electron chi connectivity index (χ3n) is 0. The van der Waals surface area contributed by atoms with E-state index in [1.54, 1.807) is 0 Å². The van der Waals surface area contributed by atoms with E-state index in [2.05, 4.69) is 0 Å². The van der Waals surface area contributed by atoms with E-state index in [0.29, 0.717) is 0 Å². The third-order valence-corrected chi connectivity index (χ3v) is 0. The van der Waals surface area contributed by atoms with Gasteiger partial charge in [0.2, 0.25) is 0 Å². The van der Waals surface area contributed by atoms with Crippen molar-refractivity contribution in [1.29, 1.82) is 0 Å². The van der Waals surface area contributed by atoms with E-state index in [1.165, 1.54) is 0 Å². The van der Waals surface area contributed by atoms with Crippen LogP contribution in [-0.2, 0) is 26.5 Å². The Labute approximate surface area is 27.3 Å². The molecule has 0 atom stereocenters. The average molecular weight is 113 g/mol. The van der Waals surface area contributed by atoms with Gasteiger partial charge in [0.1, 0.15) is 0 Å². The van der Waals surface area contributed by atoms with E-state index in [0.717, 1.165) is 0 Å². The quantitative estimate of drug-likeness (QED) is 0.403. The topological polar surface area (TPSA) is 51.2 Å². The first-order valence-electron chi connectivity index (χ1n) is 0.866. The van der Waals surface area contributed by atoms with Gasteiger partial charge in [0.25, 0.3) is 0 Å². The maximum absolute atomic E-state index is 8.62. The second kappa shape index (κ2) is 1.35. The van der Waals surface area contributed by atoms with Crippen LogP contribution in [-0.4, -0.2) is 0 Å². The van der Waals surface area contributed by atoms with Gasteiger partial charge in [0.05, 0.1) is 0 Å². The van der Waals surface area contributed by atoms with E-state index in [1.807, 2.05) is 0 Å². The van der Waals surface area contributed by atoms with Crippen molar-refractivity contribution < 1.29 is 26.5 Å². The first-order chi connectivity index (χ1) is 1.73. The van der Waals surface area contributed by atoms with Crippen molar-refractivity contribution in [3.05, 3.63) is 0 Å². The molecular formula is O3Zn. The molecule has 0 aliphatic rings. The SMILES string of the molecule is [O]=[Zn](=[O])=[O]. The summed E-state index contributed by atoms with van der Waals surface area (Å²) in [6.07, 6.45) is 0. The van der Waals surface area contributed by atoms with E-state index in [4.69, 9.17) is 10.7 Å². The summed E-state index contributed by atoms with van der Waals surface area (Å²) in [6, 6.07) is 0. The molecule has 0 rings (SSSR count). The second-order valence-electron chi connectivity index (χ2n) is 0.354. The van der Waals surface area contributed by atoms with E-state index < -0.39 is 15.8 Å². The molecule has 0 aliphatic carbocycles. The molecular weight excluding hydrogens is 113 g/mol. The Morgan fingerprint density at radius 3 is 1.00 bits per heavy atom. The van der Waals surface area contributed by atoms with E-state index in [9.17, 15) is 0 Å². The van der Waals surface area contributed by atoms with Gasteiger partial charge in [-0.05, 0) is 0 Å². The first kappa shape index (κ1) is 4.02. The van der Waals surface area contributed by atoms with Crippen molar-refractivity contribution in [2.75, 3.05) is 0 Å². The molecule has 0 saturated heterocycles. The molecule has 0 aliphatic heterocycles. The predicted octanol–water partition coefficient (Wildman–Crippen LogP) is -0.359. The van der Waals surface area contributed by atoms with Gasteiger partial charge in [-0.2, -0.15) is 0 Å². The number of hydrogen-bond donors (Lipinski definition) is 0. The molecule has 0 unspecified atom stereocenters. The van der Waals surface area contributed by atoms with Crippen LogP contribution in [0, 0.1) is 0 Å². The van der Waals surface area contributed by atoms with Crippen LogP contribution >= 0.6 is 0 Å². The molecule has 0 N–H and O–H groups in total. The van der Waals surface area contributed by atoms with Crippen LogP contribution in [0.5, 0.6) is 0 Å². The Morgan fingerprint density at radius 1 is 1.00 bits per heavy atom.